The third-order valence-corrected chi connectivity index (χ3v) is 12.8. The van der Waals surface area contributed by atoms with E-state index in [9.17, 15) is 22.8 Å². The molecule has 2 fully saturated rings. The molecule has 3 atom stereocenters. The average molecular weight is 794 g/mol. The van der Waals surface area contributed by atoms with Crippen LogP contribution in [0, 0.1) is 13.8 Å². The number of benzene rings is 3. The summed E-state index contributed by atoms with van der Waals surface area (Å²) in [6.45, 7) is 5.13. The largest absolute Gasteiger partial charge is 0.487 e. The maximum absolute atomic E-state index is 13.2. The molecule has 3 aromatic carbocycles. The van der Waals surface area contributed by atoms with Crippen LogP contribution in [-0.4, -0.2) is 75.5 Å². The minimum Gasteiger partial charge on any atom is -0.487 e. The number of hydrogen-bond donors (Lipinski definition) is 4. The predicted octanol–water partition coefficient (Wildman–Crippen LogP) is 6.03. The lowest BCUT2D eigenvalue weighted by Gasteiger charge is -2.25. The number of carbonyl (C=O) groups is 3. The van der Waals surface area contributed by atoms with Gasteiger partial charge in [0, 0.05) is 47.8 Å². The van der Waals surface area contributed by atoms with E-state index in [-0.39, 0.29) is 49.9 Å². The third-order valence-electron chi connectivity index (χ3n) is 10.1. The van der Waals surface area contributed by atoms with Gasteiger partial charge in [-0.3, -0.25) is 13.9 Å². The summed E-state index contributed by atoms with van der Waals surface area (Å²) < 4.78 is 44.9. The number of anilines is 2. The van der Waals surface area contributed by atoms with Gasteiger partial charge in [0.05, 0.1) is 24.0 Å². The summed E-state index contributed by atoms with van der Waals surface area (Å²) in [5.74, 6) is 2.01. The van der Waals surface area contributed by atoms with E-state index in [2.05, 4.69) is 21.3 Å². The van der Waals surface area contributed by atoms with Gasteiger partial charge in [0.1, 0.15) is 12.4 Å². The lowest BCUT2D eigenvalue weighted by Crippen LogP contribution is -2.36. The molecule has 3 aliphatic heterocycles. The number of thioether (sulfide) groups is 1. The quantitative estimate of drug-likeness (QED) is 0.0838. The van der Waals surface area contributed by atoms with Crippen LogP contribution in [0.5, 0.6) is 17.2 Å². The number of unbranched alkanes of at least 4 members (excludes halogenated alkanes) is 4. The van der Waals surface area contributed by atoms with Gasteiger partial charge in [0.15, 0.2) is 11.5 Å². The molecule has 0 aromatic heterocycles. The molecule has 0 radical (unpaired) electrons. The smallest absolute Gasteiger partial charge is 0.315 e. The molecule has 0 spiro atoms. The number of ether oxygens (including phenoxy) is 3. The molecule has 55 heavy (non-hydrogen) atoms. The summed E-state index contributed by atoms with van der Waals surface area (Å²) in [5, 5.41) is 12.3. The Morgan fingerprint density at radius 1 is 0.945 bits per heavy atom. The van der Waals surface area contributed by atoms with E-state index in [1.54, 1.807) is 36.4 Å². The Hall–Kier alpha value is -4.63. The number of urea groups is 1. The summed E-state index contributed by atoms with van der Waals surface area (Å²) in [7, 11) is -3.69. The molecule has 13 nitrogen and oxygen atoms in total. The van der Waals surface area contributed by atoms with Crippen LogP contribution in [-0.2, 0) is 21.4 Å². The number of rotatable bonds is 19. The van der Waals surface area contributed by atoms with Crippen LogP contribution in [0.2, 0.25) is 0 Å². The molecule has 2 saturated heterocycles. The molecule has 4 N–H and O–H groups in total. The summed E-state index contributed by atoms with van der Waals surface area (Å²) in [5.41, 5.74) is 4.32. The molecule has 3 heterocycles. The van der Waals surface area contributed by atoms with Gasteiger partial charge in [-0.2, -0.15) is 11.8 Å². The van der Waals surface area contributed by atoms with Crippen LogP contribution >= 0.6 is 11.8 Å². The maximum Gasteiger partial charge on any atom is 0.315 e. The van der Waals surface area contributed by atoms with Crippen LogP contribution in [0.15, 0.2) is 54.6 Å². The van der Waals surface area contributed by atoms with E-state index in [1.807, 2.05) is 43.8 Å². The van der Waals surface area contributed by atoms with Gasteiger partial charge in [-0.15, -0.1) is 0 Å². The van der Waals surface area contributed by atoms with Crippen molar-refractivity contribution in [1.29, 1.82) is 0 Å². The Labute approximate surface area is 327 Å². The minimum absolute atomic E-state index is 0.0416. The van der Waals surface area contributed by atoms with E-state index in [0.717, 1.165) is 61.0 Å². The van der Waals surface area contributed by atoms with E-state index in [4.69, 9.17) is 14.2 Å². The second-order valence-electron chi connectivity index (χ2n) is 14.4. The van der Waals surface area contributed by atoms with Crippen LogP contribution in [0.3, 0.4) is 0 Å². The Kier molecular flexibility index (Phi) is 13.4. The van der Waals surface area contributed by atoms with Gasteiger partial charge in [0.2, 0.25) is 22.7 Å². The zero-order valence-corrected chi connectivity index (χ0v) is 33.3. The molecule has 296 valence electrons. The number of fused-ring (bicyclic) bond motifs is 2. The Bertz CT molecular complexity index is 1980. The fourth-order valence-electron chi connectivity index (χ4n) is 7.06. The molecule has 0 bridgehead atoms. The number of sulfonamides is 1. The number of nitrogens with one attached hydrogen (secondary N) is 4. The monoisotopic (exact) mass is 793 g/mol. The normalized spacial score (nSPS) is 18.3. The highest BCUT2D eigenvalue weighted by Gasteiger charge is 2.42. The zero-order chi connectivity index (χ0) is 39.0. The predicted molar refractivity (Wildman–Crippen MR) is 215 cm³/mol. The van der Waals surface area contributed by atoms with Gasteiger partial charge in [-0.25, -0.2) is 13.2 Å². The SMILES string of the molecule is Cc1ccc(C)c(COc2cc(NC(=O)c3ccc4c(c3)OCO4)ccc2N(CCCCCCNC(=O)CCCC[C@H]2SC[C@H]3NC(=O)N[C@H]32)S(C)(=O)=O)c1. The zero-order valence-electron chi connectivity index (χ0n) is 31.7. The molecule has 15 heteroatoms. The van der Waals surface area contributed by atoms with E-state index < -0.39 is 10.0 Å². The van der Waals surface area contributed by atoms with E-state index in [1.165, 1.54) is 10.6 Å². The first kappa shape index (κ1) is 40.0. The molecule has 4 amide bonds. The van der Waals surface area contributed by atoms with Crippen molar-refractivity contribution < 1.29 is 37.0 Å². The summed E-state index contributed by atoms with van der Waals surface area (Å²) in [4.78, 5) is 37.2. The number of hydrogen-bond acceptors (Lipinski definition) is 9. The number of amides is 4. The Morgan fingerprint density at radius 3 is 2.60 bits per heavy atom. The molecule has 0 saturated carbocycles. The molecule has 0 unspecified atom stereocenters. The Morgan fingerprint density at radius 2 is 1.76 bits per heavy atom. The number of aryl methyl sites for hydroxylation is 2. The number of carbonyl (C=O) groups excluding carboxylic acids is 3. The van der Waals surface area contributed by atoms with Crippen molar-refractivity contribution in [2.75, 3.05) is 41.5 Å². The van der Waals surface area contributed by atoms with Crippen molar-refractivity contribution in [2.45, 2.75) is 89.2 Å². The average Bonchev–Trinajstić information content (AvgIpc) is 3.87. The lowest BCUT2D eigenvalue weighted by molar-refractivity contribution is -0.121. The first-order chi connectivity index (χ1) is 26.4. The highest BCUT2D eigenvalue weighted by atomic mass is 32.2. The standard InChI is InChI=1S/C40H51N5O8S2/c1-26-12-13-27(2)29(20-26)23-51-34-22-30(42-39(47)28-14-17-33-35(21-28)53-25-52-33)15-16-32(34)45(55(3,49)50)19-9-5-4-8-18-41-37(46)11-7-6-10-36-38-31(24-54-36)43-40(48)44-38/h12-17,20-22,31,36,38H,4-11,18-19,23-25H2,1-3H3,(H,41,46)(H,42,47)(H2,43,44,48)/t31-,36-,38-/m1/s1. The van der Waals surface area contributed by atoms with E-state index >= 15 is 0 Å². The topological polar surface area (TPSA) is 164 Å². The van der Waals surface area contributed by atoms with Crippen molar-refractivity contribution in [3.8, 4) is 17.2 Å². The van der Waals surface area contributed by atoms with Crippen molar-refractivity contribution >= 4 is 51.0 Å². The molecule has 3 aromatic rings. The van der Waals surface area contributed by atoms with Crippen LogP contribution in [0.1, 0.15) is 78.4 Å². The van der Waals surface area contributed by atoms with Crippen LogP contribution in [0.25, 0.3) is 0 Å². The highest BCUT2D eigenvalue weighted by molar-refractivity contribution is 8.00. The highest BCUT2D eigenvalue weighted by Crippen LogP contribution is 2.36. The van der Waals surface area contributed by atoms with Gasteiger partial charge < -0.3 is 35.5 Å². The van der Waals surface area contributed by atoms with Gasteiger partial charge in [-0.1, -0.05) is 43.0 Å². The van der Waals surface area contributed by atoms with E-state index in [0.29, 0.717) is 58.8 Å². The summed E-state index contributed by atoms with van der Waals surface area (Å²) >= 11 is 1.89. The summed E-state index contributed by atoms with van der Waals surface area (Å²) in [6.07, 6.45) is 7.40. The van der Waals surface area contributed by atoms with Gasteiger partial charge in [0.25, 0.3) is 5.91 Å². The second kappa shape index (κ2) is 18.3. The molecule has 0 aliphatic carbocycles. The summed E-state index contributed by atoms with van der Waals surface area (Å²) in [6, 6.07) is 16.4. The van der Waals surface area contributed by atoms with Crippen molar-refractivity contribution in [1.82, 2.24) is 16.0 Å². The molecular formula is C40H51N5O8S2. The maximum atomic E-state index is 13.2. The van der Waals surface area contributed by atoms with Crippen molar-refractivity contribution in [2.24, 2.45) is 0 Å². The fourth-order valence-corrected chi connectivity index (χ4v) is 9.57. The molecule has 6 rings (SSSR count). The van der Waals surface area contributed by atoms with Crippen LogP contribution < -0.4 is 39.8 Å². The van der Waals surface area contributed by atoms with Gasteiger partial charge >= 0.3 is 6.03 Å². The van der Waals surface area contributed by atoms with Gasteiger partial charge in [-0.05, 0) is 81.0 Å². The van der Waals surface area contributed by atoms with Crippen LogP contribution in [0.4, 0.5) is 16.2 Å². The molecule has 3 aliphatic rings. The fraction of sp³-hybridized carbons (Fsp3) is 0.475. The lowest BCUT2D eigenvalue weighted by atomic mass is 10.0. The first-order valence-corrected chi connectivity index (χ1v) is 21.8. The minimum atomic E-state index is -3.69. The second-order valence-corrected chi connectivity index (χ2v) is 17.6. The van der Waals surface area contributed by atoms with Crippen molar-refractivity contribution in [3.63, 3.8) is 0 Å². The molecular weight excluding hydrogens is 743 g/mol. The first-order valence-electron chi connectivity index (χ1n) is 18.9. The third kappa shape index (κ3) is 10.8. The van der Waals surface area contributed by atoms with Crippen molar-refractivity contribution in [3.05, 3.63) is 76.9 Å². The Balaban J connectivity index is 0.999. The number of nitrogens with zero attached hydrogens (tertiary/aromatic N) is 1.